The number of ether oxygens (including phenoxy) is 1. The van der Waals surface area contributed by atoms with Crippen LogP contribution in [0.1, 0.15) is 50.5 Å². The summed E-state index contributed by atoms with van der Waals surface area (Å²) in [6.45, 7) is 1.63. The van der Waals surface area contributed by atoms with Gasteiger partial charge in [-0.3, -0.25) is 14.5 Å². The van der Waals surface area contributed by atoms with Crippen molar-refractivity contribution >= 4 is 17.7 Å². The average molecular weight is 457 g/mol. The Hall–Kier alpha value is -3.16. The first-order valence-corrected chi connectivity index (χ1v) is 11.1. The highest BCUT2D eigenvalue weighted by Gasteiger charge is 2.21. The monoisotopic (exact) mass is 456 g/mol. The molecule has 7 heteroatoms. The highest BCUT2D eigenvalue weighted by molar-refractivity contribution is 5.84. The second-order valence-corrected chi connectivity index (χ2v) is 7.77. The Balaban J connectivity index is 2.33. The van der Waals surface area contributed by atoms with E-state index < -0.39 is 12.0 Å². The van der Waals surface area contributed by atoms with E-state index >= 15 is 0 Å². The molecule has 0 bridgehead atoms. The highest BCUT2D eigenvalue weighted by atomic mass is 19.1. The molecule has 0 radical (unpaired) electrons. The number of unbranched alkanes of at least 4 members (excludes halogenated alkanes) is 2. The number of Topliss-reactive ketones (excluding diaryl/α,β-unsaturated/α-hetero) is 1. The van der Waals surface area contributed by atoms with Crippen molar-refractivity contribution in [3.8, 4) is 24.7 Å². The van der Waals surface area contributed by atoms with E-state index in [0.717, 1.165) is 6.42 Å². The second kappa shape index (κ2) is 16.5. The lowest BCUT2D eigenvalue weighted by atomic mass is 10.0. The summed E-state index contributed by atoms with van der Waals surface area (Å²) in [5.41, 5.74) is 0.378. The number of nitrogens with one attached hydrogen (secondary N) is 1. The zero-order chi connectivity index (χ0) is 24.5. The molecule has 0 spiro atoms. The molecule has 0 aliphatic carbocycles. The molecule has 1 aromatic carbocycles. The maximum Gasteiger partial charge on any atom is 0.328 e. The number of ketones is 1. The molecule has 33 heavy (non-hydrogen) atoms. The first kappa shape index (κ1) is 27.9. The molecule has 1 rings (SSSR count). The summed E-state index contributed by atoms with van der Waals surface area (Å²) in [6.07, 6.45) is 14.1. The first-order valence-electron chi connectivity index (χ1n) is 11.1. The van der Waals surface area contributed by atoms with Gasteiger partial charge in [0.05, 0.1) is 20.2 Å². The molecule has 0 fully saturated rings. The van der Waals surface area contributed by atoms with Crippen LogP contribution in [0, 0.1) is 30.5 Å². The highest BCUT2D eigenvalue weighted by Crippen LogP contribution is 2.11. The third-order valence-electron chi connectivity index (χ3n) is 5.12. The molecule has 1 N–H and O–H groups in total. The third-order valence-corrected chi connectivity index (χ3v) is 5.12. The fraction of sp³-hybridized carbons (Fsp3) is 0.500. The predicted molar refractivity (Wildman–Crippen MR) is 125 cm³/mol. The van der Waals surface area contributed by atoms with Crippen molar-refractivity contribution in [2.24, 2.45) is 0 Å². The van der Waals surface area contributed by atoms with Crippen LogP contribution in [0.2, 0.25) is 0 Å². The molecule has 178 valence electrons. The molecule has 1 aromatic rings. The van der Waals surface area contributed by atoms with E-state index in [9.17, 15) is 18.8 Å². The SMILES string of the molecule is C#CCN(CC#C)CCCC[C@H](NC(=O)CCCCC(=O)Cc1ccccc1F)C(=O)OC. The Labute approximate surface area is 196 Å². The predicted octanol–water partition coefficient (Wildman–Crippen LogP) is 2.89. The minimum Gasteiger partial charge on any atom is -0.467 e. The van der Waals surface area contributed by atoms with Gasteiger partial charge in [-0.1, -0.05) is 30.0 Å². The van der Waals surface area contributed by atoms with Crippen LogP contribution in [0.5, 0.6) is 0 Å². The maximum atomic E-state index is 13.6. The van der Waals surface area contributed by atoms with Crippen molar-refractivity contribution < 1.29 is 23.5 Å². The molecule has 1 amide bonds. The van der Waals surface area contributed by atoms with E-state index in [1.54, 1.807) is 18.2 Å². The molecule has 0 saturated carbocycles. The van der Waals surface area contributed by atoms with Crippen LogP contribution in [0.15, 0.2) is 24.3 Å². The molecule has 0 aliphatic heterocycles. The number of hydrogen-bond donors (Lipinski definition) is 1. The van der Waals surface area contributed by atoms with Crippen molar-refractivity contribution in [1.29, 1.82) is 0 Å². The average Bonchev–Trinajstić information content (AvgIpc) is 2.80. The number of terminal acetylenes is 2. The number of rotatable bonds is 16. The third kappa shape index (κ3) is 11.9. The van der Waals surface area contributed by atoms with Crippen LogP contribution in [-0.2, 0) is 25.5 Å². The van der Waals surface area contributed by atoms with Gasteiger partial charge in [0.2, 0.25) is 5.91 Å². The molecule has 0 saturated heterocycles. The zero-order valence-electron chi connectivity index (χ0n) is 19.3. The fourth-order valence-electron chi connectivity index (χ4n) is 3.36. The normalized spacial score (nSPS) is 11.3. The van der Waals surface area contributed by atoms with Crippen LogP contribution in [0.4, 0.5) is 4.39 Å². The number of nitrogens with zero attached hydrogens (tertiary/aromatic N) is 1. The van der Waals surface area contributed by atoms with Crippen molar-refractivity contribution in [3.05, 3.63) is 35.6 Å². The number of methoxy groups -OCH3 is 1. The van der Waals surface area contributed by atoms with Gasteiger partial charge in [0, 0.05) is 25.8 Å². The maximum absolute atomic E-state index is 13.6. The molecule has 0 heterocycles. The van der Waals surface area contributed by atoms with Crippen LogP contribution in [-0.4, -0.2) is 55.3 Å². The van der Waals surface area contributed by atoms with Gasteiger partial charge in [-0.05, 0) is 43.7 Å². The smallest absolute Gasteiger partial charge is 0.328 e. The Morgan fingerprint density at radius 1 is 1.06 bits per heavy atom. The van der Waals surface area contributed by atoms with Gasteiger partial charge < -0.3 is 10.1 Å². The number of carbonyl (C=O) groups is 3. The van der Waals surface area contributed by atoms with Crippen LogP contribution < -0.4 is 5.32 Å². The number of halogens is 1. The van der Waals surface area contributed by atoms with E-state index in [4.69, 9.17) is 17.6 Å². The number of benzene rings is 1. The van der Waals surface area contributed by atoms with Crippen molar-refractivity contribution in [1.82, 2.24) is 10.2 Å². The van der Waals surface area contributed by atoms with E-state index in [1.807, 2.05) is 4.90 Å². The van der Waals surface area contributed by atoms with Crippen LogP contribution >= 0.6 is 0 Å². The Morgan fingerprint density at radius 3 is 2.36 bits per heavy atom. The number of amides is 1. The van der Waals surface area contributed by atoms with Gasteiger partial charge in [-0.2, -0.15) is 0 Å². The molecule has 6 nitrogen and oxygen atoms in total. The summed E-state index contributed by atoms with van der Waals surface area (Å²) in [6, 6.07) is 5.47. The molecular weight excluding hydrogens is 423 g/mol. The van der Waals surface area contributed by atoms with Gasteiger partial charge in [-0.25, -0.2) is 9.18 Å². The molecule has 0 aromatic heterocycles. The molecule has 0 aliphatic rings. The summed E-state index contributed by atoms with van der Waals surface area (Å²) in [4.78, 5) is 38.3. The Morgan fingerprint density at radius 2 is 1.73 bits per heavy atom. The van der Waals surface area contributed by atoms with Gasteiger partial charge in [0.15, 0.2) is 0 Å². The topological polar surface area (TPSA) is 75.7 Å². The number of esters is 1. The molecule has 1 atom stereocenters. The fourth-order valence-corrected chi connectivity index (χ4v) is 3.36. The first-order chi connectivity index (χ1) is 15.9. The van der Waals surface area contributed by atoms with Gasteiger partial charge in [0.1, 0.15) is 17.6 Å². The van der Waals surface area contributed by atoms with E-state index in [2.05, 4.69) is 17.2 Å². The lowest BCUT2D eigenvalue weighted by Gasteiger charge is -2.19. The summed E-state index contributed by atoms with van der Waals surface area (Å²) < 4.78 is 18.4. The summed E-state index contributed by atoms with van der Waals surface area (Å²) >= 11 is 0. The van der Waals surface area contributed by atoms with Gasteiger partial charge in [-0.15, -0.1) is 12.8 Å². The lowest BCUT2D eigenvalue weighted by molar-refractivity contribution is -0.145. The lowest BCUT2D eigenvalue weighted by Crippen LogP contribution is -2.41. The quantitative estimate of drug-likeness (QED) is 0.235. The minimum absolute atomic E-state index is 0.0450. The largest absolute Gasteiger partial charge is 0.467 e. The van der Waals surface area contributed by atoms with Gasteiger partial charge >= 0.3 is 5.97 Å². The Kier molecular flexibility index (Phi) is 13.9. The summed E-state index contributed by atoms with van der Waals surface area (Å²) in [5.74, 6) is 3.90. The van der Waals surface area contributed by atoms with Gasteiger partial charge in [0.25, 0.3) is 0 Å². The van der Waals surface area contributed by atoms with E-state index in [0.29, 0.717) is 50.9 Å². The van der Waals surface area contributed by atoms with Crippen LogP contribution in [0.25, 0.3) is 0 Å². The summed E-state index contributed by atoms with van der Waals surface area (Å²) in [7, 11) is 1.28. The molecular formula is C26H33FN2O4. The number of hydrogen-bond acceptors (Lipinski definition) is 5. The second-order valence-electron chi connectivity index (χ2n) is 7.77. The van der Waals surface area contributed by atoms with E-state index in [-0.39, 0.29) is 36.8 Å². The molecule has 0 unspecified atom stereocenters. The summed E-state index contributed by atoms with van der Waals surface area (Å²) in [5, 5.41) is 2.72. The van der Waals surface area contributed by atoms with Crippen LogP contribution in [0.3, 0.4) is 0 Å². The zero-order valence-corrected chi connectivity index (χ0v) is 19.3. The van der Waals surface area contributed by atoms with Crippen molar-refractivity contribution in [2.45, 2.75) is 57.4 Å². The Bertz CT molecular complexity index is 841. The van der Waals surface area contributed by atoms with Crippen molar-refractivity contribution in [2.75, 3.05) is 26.7 Å². The van der Waals surface area contributed by atoms with Crippen molar-refractivity contribution in [3.63, 3.8) is 0 Å². The van der Waals surface area contributed by atoms with E-state index in [1.165, 1.54) is 13.2 Å². The standard InChI is InChI=1S/C26H33FN2O4/c1-4-17-29(18-5-2)19-11-10-15-24(26(32)33-3)28-25(31)16-9-7-13-22(30)20-21-12-6-8-14-23(21)27/h1-2,6,8,12,14,24H,7,9-11,13,15-20H2,3H3,(H,28,31)/t24-/m0/s1. The minimum atomic E-state index is -0.723. The number of carbonyl (C=O) groups excluding carboxylic acids is 3.